The second-order valence-electron chi connectivity index (χ2n) is 6.56. The molecule has 1 atom stereocenters. The van der Waals surface area contributed by atoms with Gasteiger partial charge in [0, 0.05) is 45.7 Å². The van der Waals surface area contributed by atoms with Crippen molar-refractivity contribution in [2.45, 2.75) is 32.2 Å². The highest BCUT2D eigenvalue weighted by atomic mass is 32.2. The summed E-state index contributed by atoms with van der Waals surface area (Å²) in [4.78, 5) is 12.0. The molecule has 0 aromatic heterocycles. The van der Waals surface area contributed by atoms with Crippen molar-refractivity contribution in [2.24, 2.45) is 5.92 Å². The molecule has 0 bridgehead atoms. The largest absolute Gasteiger partial charge is 0.352 e. The highest BCUT2D eigenvalue weighted by Gasteiger charge is 2.30. The van der Waals surface area contributed by atoms with Crippen LogP contribution in [0.5, 0.6) is 0 Å². The van der Waals surface area contributed by atoms with Gasteiger partial charge in [0.15, 0.2) is 0 Å². The number of rotatable bonds is 7. The molecular formula is C17H26FN3O3S. The zero-order valence-electron chi connectivity index (χ0n) is 14.7. The van der Waals surface area contributed by atoms with Crippen LogP contribution in [0.15, 0.2) is 24.3 Å². The van der Waals surface area contributed by atoms with Gasteiger partial charge in [0.25, 0.3) is 10.2 Å². The number of carbonyl (C=O) groups excluding carboxylic acids is 1. The van der Waals surface area contributed by atoms with E-state index in [4.69, 9.17) is 0 Å². The second kappa shape index (κ2) is 8.73. The summed E-state index contributed by atoms with van der Waals surface area (Å²) in [6.07, 6.45) is 2.66. The van der Waals surface area contributed by atoms with Gasteiger partial charge in [-0.15, -0.1) is 0 Å². The van der Waals surface area contributed by atoms with E-state index in [2.05, 4.69) is 5.32 Å². The fraction of sp³-hybridized carbons (Fsp3) is 0.588. The van der Waals surface area contributed by atoms with Crippen molar-refractivity contribution >= 4 is 16.1 Å². The van der Waals surface area contributed by atoms with Gasteiger partial charge in [0.05, 0.1) is 0 Å². The zero-order chi connectivity index (χ0) is 18.4. The molecule has 8 heteroatoms. The standard InChI is InChI=1S/C17H26FN3O3S/c1-20(2)25(23,24)21-11-5-6-14(13-21)9-10-17(22)19-12-15-7-3-4-8-16(15)18/h3-4,7-8,14H,5-6,9-13H2,1-2H3,(H,19,22)/t14-/m1/s1. The molecule has 1 aromatic rings. The summed E-state index contributed by atoms with van der Waals surface area (Å²) < 4.78 is 40.6. The van der Waals surface area contributed by atoms with Gasteiger partial charge in [0.1, 0.15) is 5.82 Å². The van der Waals surface area contributed by atoms with Crippen LogP contribution >= 0.6 is 0 Å². The van der Waals surface area contributed by atoms with Crippen molar-refractivity contribution in [3.05, 3.63) is 35.6 Å². The number of piperidine rings is 1. The lowest BCUT2D eigenvalue weighted by molar-refractivity contribution is -0.121. The Kier molecular flexibility index (Phi) is 6.92. The minimum absolute atomic E-state index is 0.143. The van der Waals surface area contributed by atoms with Gasteiger partial charge in [-0.3, -0.25) is 4.79 Å². The first-order valence-corrected chi connectivity index (χ1v) is 9.88. The summed E-state index contributed by atoms with van der Waals surface area (Å²) in [5.41, 5.74) is 0.455. The maximum atomic E-state index is 13.5. The maximum Gasteiger partial charge on any atom is 0.281 e. The Morgan fingerprint density at radius 1 is 1.36 bits per heavy atom. The predicted molar refractivity (Wildman–Crippen MR) is 94.4 cm³/mol. The Morgan fingerprint density at radius 2 is 2.08 bits per heavy atom. The van der Waals surface area contributed by atoms with Crippen molar-refractivity contribution in [3.63, 3.8) is 0 Å². The number of carbonyl (C=O) groups is 1. The van der Waals surface area contributed by atoms with E-state index in [0.717, 1.165) is 12.8 Å². The van der Waals surface area contributed by atoms with E-state index in [0.29, 0.717) is 31.5 Å². The second-order valence-corrected chi connectivity index (χ2v) is 8.71. The highest BCUT2D eigenvalue weighted by Crippen LogP contribution is 2.23. The first-order chi connectivity index (χ1) is 11.8. The molecule has 1 fully saturated rings. The van der Waals surface area contributed by atoms with Gasteiger partial charge in [0.2, 0.25) is 5.91 Å². The van der Waals surface area contributed by atoms with Gasteiger partial charge in [-0.1, -0.05) is 18.2 Å². The predicted octanol–water partition coefficient (Wildman–Crippen LogP) is 1.74. The Bertz CT molecular complexity index is 694. The number of benzene rings is 1. The van der Waals surface area contributed by atoms with Gasteiger partial charge < -0.3 is 5.32 Å². The molecule has 0 unspecified atom stereocenters. The summed E-state index contributed by atoms with van der Waals surface area (Å²) in [5, 5.41) is 2.72. The average Bonchev–Trinajstić information content (AvgIpc) is 2.59. The van der Waals surface area contributed by atoms with Gasteiger partial charge in [-0.25, -0.2) is 4.39 Å². The molecule has 140 valence electrons. The number of amides is 1. The van der Waals surface area contributed by atoms with E-state index in [1.165, 1.54) is 28.8 Å². The van der Waals surface area contributed by atoms with Crippen LogP contribution in [-0.2, 0) is 21.5 Å². The summed E-state index contributed by atoms with van der Waals surface area (Å²) in [6, 6.07) is 6.34. The van der Waals surface area contributed by atoms with E-state index >= 15 is 0 Å². The van der Waals surface area contributed by atoms with Crippen LogP contribution < -0.4 is 5.32 Å². The van der Waals surface area contributed by atoms with Crippen molar-refractivity contribution in [1.29, 1.82) is 0 Å². The first-order valence-electron chi connectivity index (χ1n) is 8.48. The quantitative estimate of drug-likeness (QED) is 0.794. The van der Waals surface area contributed by atoms with Crippen molar-refractivity contribution < 1.29 is 17.6 Å². The van der Waals surface area contributed by atoms with E-state index in [-0.39, 0.29) is 24.2 Å². The lowest BCUT2D eigenvalue weighted by atomic mass is 9.94. The molecule has 1 heterocycles. The van der Waals surface area contributed by atoms with Crippen LogP contribution in [0, 0.1) is 11.7 Å². The molecule has 2 rings (SSSR count). The molecule has 1 aliphatic heterocycles. The van der Waals surface area contributed by atoms with E-state index in [1.54, 1.807) is 18.2 Å². The van der Waals surface area contributed by atoms with Crippen LogP contribution in [0.2, 0.25) is 0 Å². The van der Waals surface area contributed by atoms with Crippen LogP contribution in [0.3, 0.4) is 0 Å². The van der Waals surface area contributed by atoms with Crippen LogP contribution in [-0.4, -0.2) is 50.1 Å². The lowest BCUT2D eigenvalue weighted by Crippen LogP contribution is -2.45. The van der Waals surface area contributed by atoms with E-state index in [9.17, 15) is 17.6 Å². The normalized spacial score (nSPS) is 19.1. The minimum atomic E-state index is -3.40. The molecule has 0 radical (unpaired) electrons. The summed E-state index contributed by atoms with van der Waals surface area (Å²) in [5.74, 6) is -0.307. The van der Waals surface area contributed by atoms with E-state index < -0.39 is 10.2 Å². The van der Waals surface area contributed by atoms with Gasteiger partial charge in [-0.05, 0) is 31.2 Å². The smallest absolute Gasteiger partial charge is 0.281 e. The Morgan fingerprint density at radius 3 is 2.76 bits per heavy atom. The molecule has 1 saturated heterocycles. The average molecular weight is 371 g/mol. The number of hydrogen-bond acceptors (Lipinski definition) is 3. The molecule has 0 aliphatic carbocycles. The first kappa shape index (κ1) is 19.8. The molecule has 1 N–H and O–H groups in total. The fourth-order valence-corrected chi connectivity index (χ4v) is 4.18. The van der Waals surface area contributed by atoms with Crippen LogP contribution in [0.4, 0.5) is 4.39 Å². The Hall–Kier alpha value is -1.51. The topological polar surface area (TPSA) is 69.7 Å². The molecule has 0 saturated carbocycles. The zero-order valence-corrected chi connectivity index (χ0v) is 15.6. The van der Waals surface area contributed by atoms with Gasteiger partial charge in [-0.2, -0.15) is 17.0 Å². The molecule has 25 heavy (non-hydrogen) atoms. The maximum absolute atomic E-state index is 13.5. The summed E-state index contributed by atoms with van der Waals surface area (Å²) in [6.45, 7) is 1.13. The number of hydrogen-bond donors (Lipinski definition) is 1. The lowest BCUT2D eigenvalue weighted by Gasteiger charge is -2.33. The molecule has 0 spiro atoms. The van der Waals surface area contributed by atoms with Crippen molar-refractivity contribution in [1.82, 2.24) is 13.9 Å². The molecular weight excluding hydrogens is 345 g/mol. The third kappa shape index (κ3) is 5.49. The number of nitrogens with one attached hydrogen (secondary N) is 1. The Labute approximate surface area is 149 Å². The SMILES string of the molecule is CN(C)S(=O)(=O)N1CCC[C@H](CCC(=O)NCc2ccccc2F)C1. The van der Waals surface area contributed by atoms with Crippen LogP contribution in [0.25, 0.3) is 0 Å². The third-order valence-corrected chi connectivity index (χ3v) is 6.39. The van der Waals surface area contributed by atoms with Crippen LogP contribution in [0.1, 0.15) is 31.2 Å². The molecule has 1 aliphatic rings. The fourth-order valence-electron chi connectivity index (χ4n) is 2.96. The monoisotopic (exact) mass is 371 g/mol. The summed E-state index contributed by atoms with van der Waals surface area (Å²) in [7, 11) is -0.352. The minimum Gasteiger partial charge on any atom is -0.352 e. The van der Waals surface area contributed by atoms with Crippen molar-refractivity contribution in [3.8, 4) is 0 Å². The number of halogens is 1. The Balaban J connectivity index is 1.79. The summed E-state index contributed by atoms with van der Waals surface area (Å²) >= 11 is 0. The highest BCUT2D eigenvalue weighted by molar-refractivity contribution is 7.86. The van der Waals surface area contributed by atoms with Crippen molar-refractivity contribution in [2.75, 3.05) is 27.2 Å². The molecule has 1 aromatic carbocycles. The third-order valence-electron chi connectivity index (χ3n) is 4.48. The number of nitrogens with zero attached hydrogens (tertiary/aromatic N) is 2. The molecule has 1 amide bonds. The van der Waals surface area contributed by atoms with E-state index in [1.807, 2.05) is 0 Å². The van der Waals surface area contributed by atoms with Gasteiger partial charge >= 0.3 is 0 Å². The molecule has 6 nitrogen and oxygen atoms in total.